The largest absolute Gasteiger partial charge is 0.329 e. The molecular formula is C17H14FN3O2. The minimum Gasteiger partial charge on any atom is -0.329 e. The maximum atomic E-state index is 12.9. The molecule has 1 aromatic heterocycles. The fraction of sp³-hybridized carbons (Fsp3) is 0.118. The van der Waals surface area contributed by atoms with Crippen LogP contribution < -0.4 is 5.32 Å². The molecule has 23 heavy (non-hydrogen) atoms. The van der Waals surface area contributed by atoms with Gasteiger partial charge in [0, 0.05) is 18.3 Å². The number of hydrogen-bond donors (Lipinski definition) is 1. The molecule has 0 aliphatic carbocycles. The molecule has 1 aliphatic rings. The summed E-state index contributed by atoms with van der Waals surface area (Å²) in [5.74, 6) is -0.513. The number of pyridine rings is 1. The van der Waals surface area contributed by atoms with Gasteiger partial charge in [0.25, 0.3) is 0 Å². The summed E-state index contributed by atoms with van der Waals surface area (Å²) in [5, 5.41) is 2.46. The number of benzene rings is 1. The number of rotatable bonds is 4. The fourth-order valence-electron chi connectivity index (χ4n) is 2.24. The summed E-state index contributed by atoms with van der Waals surface area (Å²) in [7, 11) is 0. The second kappa shape index (κ2) is 6.39. The molecule has 0 spiro atoms. The Morgan fingerprint density at radius 2 is 1.87 bits per heavy atom. The van der Waals surface area contributed by atoms with E-state index in [1.807, 2.05) is 12.1 Å². The zero-order valence-electron chi connectivity index (χ0n) is 12.2. The summed E-state index contributed by atoms with van der Waals surface area (Å²) < 4.78 is 12.9. The smallest absolute Gasteiger partial charge is 0.324 e. The molecule has 116 valence electrons. The summed E-state index contributed by atoms with van der Waals surface area (Å²) in [6.07, 6.45) is 5.15. The molecule has 2 heterocycles. The van der Waals surface area contributed by atoms with E-state index in [4.69, 9.17) is 0 Å². The average molecular weight is 311 g/mol. The Morgan fingerprint density at radius 1 is 1.13 bits per heavy atom. The van der Waals surface area contributed by atoms with Gasteiger partial charge in [0.15, 0.2) is 0 Å². The van der Waals surface area contributed by atoms with Gasteiger partial charge in [-0.2, -0.15) is 0 Å². The second-order valence-electron chi connectivity index (χ2n) is 5.04. The predicted molar refractivity (Wildman–Crippen MR) is 83.8 cm³/mol. The highest BCUT2D eigenvalue weighted by Crippen LogP contribution is 2.19. The number of imide groups is 1. The lowest BCUT2D eigenvalue weighted by molar-refractivity contribution is -0.124. The van der Waals surface area contributed by atoms with Gasteiger partial charge in [-0.3, -0.25) is 14.7 Å². The van der Waals surface area contributed by atoms with Crippen LogP contribution in [0.1, 0.15) is 5.69 Å². The molecule has 1 aromatic carbocycles. The Kier molecular flexibility index (Phi) is 4.14. The monoisotopic (exact) mass is 311 g/mol. The van der Waals surface area contributed by atoms with Crippen molar-refractivity contribution in [1.29, 1.82) is 0 Å². The van der Waals surface area contributed by atoms with Crippen molar-refractivity contribution in [3.05, 3.63) is 60.2 Å². The maximum Gasteiger partial charge on any atom is 0.324 e. The first-order valence-corrected chi connectivity index (χ1v) is 7.10. The third-order valence-corrected chi connectivity index (χ3v) is 3.48. The number of carbonyl (C=O) groups excluding carboxylic acids is 2. The number of aromatic nitrogens is 1. The van der Waals surface area contributed by atoms with E-state index in [1.54, 1.807) is 30.5 Å². The van der Waals surface area contributed by atoms with E-state index in [0.29, 0.717) is 5.69 Å². The van der Waals surface area contributed by atoms with Crippen molar-refractivity contribution in [2.75, 3.05) is 13.1 Å². The first kappa shape index (κ1) is 14.9. The molecule has 2 aromatic rings. The number of nitrogens with zero attached hydrogens (tertiary/aromatic N) is 2. The van der Waals surface area contributed by atoms with Crippen LogP contribution in [0.5, 0.6) is 0 Å². The molecule has 3 amide bonds. The third-order valence-electron chi connectivity index (χ3n) is 3.48. The number of carbonyl (C=O) groups is 2. The van der Waals surface area contributed by atoms with Gasteiger partial charge in [-0.25, -0.2) is 9.18 Å². The molecule has 1 N–H and O–H groups in total. The van der Waals surface area contributed by atoms with Crippen LogP contribution in [0.15, 0.2) is 48.7 Å². The molecule has 6 heteroatoms. The SMILES string of the molecule is O=C1CNC(=O)N1C/C=C/c1ccc(-c2ccc(F)cc2)cn1. The average Bonchev–Trinajstić information content (AvgIpc) is 2.88. The predicted octanol–water partition coefficient (Wildman–Crippen LogP) is 2.45. The van der Waals surface area contributed by atoms with Gasteiger partial charge in [-0.05, 0) is 29.8 Å². The van der Waals surface area contributed by atoms with Crippen LogP contribution >= 0.6 is 0 Å². The molecule has 1 aliphatic heterocycles. The number of nitrogens with one attached hydrogen (secondary N) is 1. The highest BCUT2D eigenvalue weighted by atomic mass is 19.1. The molecule has 5 nitrogen and oxygen atoms in total. The minimum atomic E-state index is -0.376. The van der Waals surface area contributed by atoms with Gasteiger partial charge in [0.1, 0.15) is 5.82 Å². The van der Waals surface area contributed by atoms with Crippen molar-refractivity contribution in [3.8, 4) is 11.1 Å². The van der Waals surface area contributed by atoms with Crippen LogP contribution in [0.25, 0.3) is 17.2 Å². The normalized spacial score (nSPS) is 14.6. The van der Waals surface area contributed by atoms with Gasteiger partial charge < -0.3 is 5.32 Å². The lowest BCUT2D eigenvalue weighted by atomic mass is 10.1. The van der Waals surface area contributed by atoms with Gasteiger partial charge >= 0.3 is 6.03 Å². The third kappa shape index (κ3) is 3.42. The van der Waals surface area contributed by atoms with Crippen LogP contribution in [-0.2, 0) is 4.79 Å². The Bertz CT molecular complexity index is 738. The van der Waals surface area contributed by atoms with Gasteiger partial charge in [0.2, 0.25) is 5.91 Å². The quantitative estimate of drug-likeness (QED) is 0.882. The number of hydrogen-bond acceptors (Lipinski definition) is 3. The lowest BCUT2D eigenvalue weighted by Gasteiger charge is -2.08. The minimum absolute atomic E-state index is 0.0529. The molecule has 0 radical (unpaired) electrons. The summed E-state index contributed by atoms with van der Waals surface area (Å²) in [6, 6.07) is 9.52. The molecule has 1 fully saturated rings. The molecule has 0 atom stereocenters. The molecule has 0 bridgehead atoms. The van der Waals surface area contributed by atoms with Crippen molar-refractivity contribution in [2.24, 2.45) is 0 Å². The fourth-order valence-corrected chi connectivity index (χ4v) is 2.24. The van der Waals surface area contributed by atoms with Crippen LogP contribution in [0.4, 0.5) is 9.18 Å². The van der Waals surface area contributed by atoms with E-state index in [9.17, 15) is 14.0 Å². The second-order valence-corrected chi connectivity index (χ2v) is 5.04. The van der Waals surface area contributed by atoms with Crippen LogP contribution in [0, 0.1) is 5.82 Å². The zero-order chi connectivity index (χ0) is 16.2. The summed E-state index contributed by atoms with van der Waals surface area (Å²) in [4.78, 5) is 28.2. The highest BCUT2D eigenvalue weighted by Gasteiger charge is 2.26. The Balaban J connectivity index is 1.65. The van der Waals surface area contributed by atoms with Crippen molar-refractivity contribution in [1.82, 2.24) is 15.2 Å². The van der Waals surface area contributed by atoms with E-state index < -0.39 is 0 Å². The highest BCUT2D eigenvalue weighted by molar-refractivity contribution is 6.02. The molecule has 0 saturated carbocycles. The van der Waals surface area contributed by atoms with Crippen LogP contribution in [-0.4, -0.2) is 34.9 Å². The summed E-state index contributed by atoms with van der Waals surface area (Å²) in [6.45, 7) is 0.267. The maximum absolute atomic E-state index is 12.9. The number of halogens is 1. The molecule has 3 rings (SSSR count). The van der Waals surface area contributed by atoms with Gasteiger partial charge in [-0.1, -0.05) is 24.3 Å². The van der Waals surface area contributed by atoms with Crippen molar-refractivity contribution in [2.45, 2.75) is 0 Å². The first-order chi connectivity index (χ1) is 11.1. The van der Waals surface area contributed by atoms with E-state index in [2.05, 4.69) is 10.3 Å². The van der Waals surface area contributed by atoms with Gasteiger partial charge in [-0.15, -0.1) is 0 Å². The van der Waals surface area contributed by atoms with Crippen LogP contribution in [0.3, 0.4) is 0 Å². The zero-order valence-corrected chi connectivity index (χ0v) is 12.2. The summed E-state index contributed by atoms with van der Waals surface area (Å²) in [5.41, 5.74) is 2.48. The first-order valence-electron chi connectivity index (χ1n) is 7.10. The Labute approximate surface area is 132 Å². The van der Waals surface area contributed by atoms with Gasteiger partial charge in [0.05, 0.1) is 12.2 Å². The Morgan fingerprint density at radius 3 is 2.48 bits per heavy atom. The van der Waals surface area contributed by atoms with E-state index in [-0.39, 0.29) is 30.8 Å². The number of amides is 3. The van der Waals surface area contributed by atoms with E-state index in [0.717, 1.165) is 16.0 Å². The topological polar surface area (TPSA) is 62.3 Å². The van der Waals surface area contributed by atoms with Crippen molar-refractivity contribution in [3.63, 3.8) is 0 Å². The lowest BCUT2D eigenvalue weighted by Crippen LogP contribution is -2.30. The van der Waals surface area contributed by atoms with Crippen molar-refractivity contribution < 1.29 is 14.0 Å². The Hall–Kier alpha value is -3.02. The number of urea groups is 1. The molecule has 0 unspecified atom stereocenters. The molecule has 1 saturated heterocycles. The van der Waals surface area contributed by atoms with Crippen molar-refractivity contribution >= 4 is 18.0 Å². The summed E-state index contributed by atoms with van der Waals surface area (Å²) >= 11 is 0. The standard InChI is InChI=1S/C17H14FN3O2/c18-14-6-3-12(4-7-14)13-5-8-15(19-10-13)2-1-9-21-16(22)11-20-17(21)23/h1-8,10H,9,11H2,(H,20,23)/b2-1+. The van der Waals surface area contributed by atoms with E-state index in [1.165, 1.54) is 12.1 Å². The molecular weight excluding hydrogens is 297 g/mol. The van der Waals surface area contributed by atoms with E-state index >= 15 is 0 Å². The van der Waals surface area contributed by atoms with Crippen LogP contribution in [0.2, 0.25) is 0 Å².